The molecule has 3 rings (SSSR count). The van der Waals surface area contributed by atoms with Crippen molar-refractivity contribution in [3.63, 3.8) is 0 Å². The van der Waals surface area contributed by atoms with E-state index < -0.39 is 0 Å². The van der Waals surface area contributed by atoms with Gasteiger partial charge in [-0.25, -0.2) is 4.68 Å². The van der Waals surface area contributed by atoms with Crippen molar-refractivity contribution < 1.29 is 9.47 Å². The van der Waals surface area contributed by atoms with Crippen molar-refractivity contribution in [3.05, 3.63) is 57.6 Å². The van der Waals surface area contributed by atoms with Gasteiger partial charge in [0.25, 0.3) is 0 Å². The maximum Gasteiger partial charge on any atom is 0.209 e. The summed E-state index contributed by atoms with van der Waals surface area (Å²) in [6.45, 7) is 6.80. The number of ether oxygens (including phenoxy) is 2. The molecule has 0 atom stereocenters. The average molecular weight is 506 g/mol. The molecule has 3 aromatic rings. The number of aryl methyl sites for hydroxylation is 2. The van der Waals surface area contributed by atoms with Crippen molar-refractivity contribution in [2.45, 2.75) is 38.6 Å². The fourth-order valence-electron chi connectivity index (χ4n) is 2.98. The summed E-state index contributed by atoms with van der Waals surface area (Å²) >= 11 is 5.34. The number of thioether (sulfide) groups is 1. The molecular weight excluding hydrogens is 478 g/mol. The van der Waals surface area contributed by atoms with Gasteiger partial charge < -0.3 is 14.8 Å². The number of hydrogen-bond acceptors (Lipinski definition) is 7. The van der Waals surface area contributed by atoms with E-state index in [1.807, 2.05) is 32.2 Å². The number of nitrogens with one attached hydrogen (secondary N) is 1. The van der Waals surface area contributed by atoms with E-state index in [0.29, 0.717) is 13.2 Å². The van der Waals surface area contributed by atoms with Gasteiger partial charge in [-0.2, -0.15) is 0 Å². The Balaban J connectivity index is 1.52. The maximum absolute atomic E-state index is 6.07. The van der Waals surface area contributed by atoms with Gasteiger partial charge >= 0.3 is 0 Å². The number of halogens is 1. The molecule has 9 heteroatoms. The predicted molar refractivity (Wildman–Crippen MR) is 127 cm³/mol. The van der Waals surface area contributed by atoms with E-state index in [4.69, 9.17) is 9.47 Å². The molecule has 0 aliphatic carbocycles. The second kappa shape index (κ2) is 12.1. The molecule has 1 heterocycles. The summed E-state index contributed by atoms with van der Waals surface area (Å²) in [6.07, 6.45) is 1.02. The largest absolute Gasteiger partial charge is 0.490 e. The van der Waals surface area contributed by atoms with Crippen LogP contribution < -0.4 is 14.8 Å². The van der Waals surface area contributed by atoms with Gasteiger partial charge in [-0.1, -0.05) is 57.5 Å². The van der Waals surface area contributed by atoms with E-state index in [1.165, 1.54) is 5.56 Å². The molecule has 0 radical (unpaired) electrons. The van der Waals surface area contributed by atoms with Gasteiger partial charge in [0.15, 0.2) is 11.5 Å². The number of hydrogen-bond donors (Lipinski definition) is 1. The quantitative estimate of drug-likeness (QED) is 0.286. The van der Waals surface area contributed by atoms with Gasteiger partial charge in [0, 0.05) is 23.8 Å². The Morgan fingerprint density at radius 1 is 1.16 bits per heavy atom. The number of nitrogens with zero attached hydrogens (tertiary/aromatic N) is 4. The summed E-state index contributed by atoms with van der Waals surface area (Å²) in [7, 11) is 1.85. The van der Waals surface area contributed by atoms with E-state index in [9.17, 15) is 0 Å². The molecule has 31 heavy (non-hydrogen) atoms. The maximum atomic E-state index is 6.07. The van der Waals surface area contributed by atoms with Crippen LogP contribution in [0.4, 0.5) is 0 Å². The Kier molecular flexibility index (Phi) is 9.17. The van der Waals surface area contributed by atoms with Crippen LogP contribution >= 0.6 is 27.7 Å². The molecule has 0 saturated carbocycles. The molecule has 0 unspecified atom stereocenters. The van der Waals surface area contributed by atoms with Crippen LogP contribution in [-0.4, -0.2) is 39.1 Å². The lowest BCUT2D eigenvalue weighted by molar-refractivity contribution is 0.269. The van der Waals surface area contributed by atoms with Crippen molar-refractivity contribution >= 4 is 27.7 Å². The monoisotopic (exact) mass is 505 g/mol. The standard InChI is InChI=1S/C22H28BrN5O2S/c1-4-29-20-12-18(14-24-9-6-10-31-22-25-26-27-28(22)3)19(23)13-21(20)30-15-17-8-5-7-16(2)11-17/h5,7-8,11-13,24H,4,6,9-10,14-15H2,1-3H3. The van der Waals surface area contributed by atoms with E-state index >= 15 is 0 Å². The van der Waals surface area contributed by atoms with Crippen LogP contribution in [0, 0.1) is 6.92 Å². The fraction of sp³-hybridized carbons (Fsp3) is 0.409. The minimum atomic E-state index is 0.504. The van der Waals surface area contributed by atoms with Crippen molar-refractivity contribution in [1.82, 2.24) is 25.5 Å². The Bertz CT molecular complexity index is 982. The highest BCUT2D eigenvalue weighted by Crippen LogP contribution is 2.34. The molecule has 0 amide bonds. The third-order valence-corrected chi connectivity index (χ3v) is 6.35. The zero-order valence-corrected chi connectivity index (χ0v) is 20.5. The molecular formula is C22H28BrN5O2S. The molecule has 0 spiro atoms. The Labute approximate surface area is 196 Å². The zero-order chi connectivity index (χ0) is 22.1. The lowest BCUT2D eigenvalue weighted by Crippen LogP contribution is -2.16. The molecule has 2 aromatic carbocycles. The second-order valence-corrected chi connectivity index (χ2v) is 8.98. The first-order valence-corrected chi connectivity index (χ1v) is 12.0. The third kappa shape index (κ3) is 7.22. The van der Waals surface area contributed by atoms with Gasteiger partial charge in [-0.05, 0) is 60.5 Å². The molecule has 0 aliphatic heterocycles. The first kappa shape index (κ1) is 23.6. The fourth-order valence-corrected chi connectivity index (χ4v) is 4.24. The second-order valence-electron chi connectivity index (χ2n) is 7.06. The Morgan fingerprint density at radius 2 is 2.00 bits per heavy atom. The highest BCUT2D eigenvalue weighted by Gasteiger charge is 2.11. The zero-order valence-electron chi connectivity index (χ0n) is 18.1. The van der Waals surface area contributed by atoms with Crippen molar-refractivity contribution in [3.8, 4) is 11.5 Å². The number of benzene rings is 2. The highest BCUT2D eigenvalue weighted by atomic mass is 79.9. The number of rotatable bonds is 12. The summed E-state index contributed by atoms with van der Waals surface area (Å²) < 4.78 is 14.6. The summed E-state index contributed by atoms with van der Waals surface area (Å²) in [5.74, 6) is 2.46. The Hall–Kier alpha value is -2.10. The van der Waals surface area contributed by atoms with Crippen LogP contribution in [0.2, 0.25) is 0 Å². The topological polar surface area (TPSA) is 74.1 Å². The third-order valence-electron chi connectivity index (χ3n) is 4.52. The molecule has 1 N–H and O–H groups in total. The lowest BCUT2D eigenvalue weighted by atomic mass is 10.1. The molecule has 0 bridgehead atoms. The summed E-state index contributed by atoms with van der Waals surface area (Å²) in [4.78, 5) is 0. The molecule has 0 saturated heterocycles. The first-order valence-electron chi connectivity index (χ1n) is 10.3. The van der Waals surface area contributed by atoms with E-state index in [2.05, 4.69) is 61.9 Å². The van der Waals surface area contributed by atoms with Gasteiger partial charge in [-0.3, -0.25) is 0 Å². The molecule has 0 fully saturated rings. The molecule has 7 nitrogen and oxygen atoms in total. The average Bonchev–Trinajstić information content (AvgIpc) is 3.16. The predicted octanol–water partition coefficient (Wildman–Crippen LogP) is 4.53. The van der Waals surface area contributed by atoms with Crippen LogP contribution in [0.1, 0.15) is 30.0 Å². The first-order chi connectivity index (χ1) is 15.1. The van der Waals surface area contributed by atoms with Gasteiger partial charge in [0.2, 0.25) is 5.16 Å². The number of aromatic nitrogens is 4. The van der Waals surface area contributed by atoms with Gasteiger partial charge in [0.1, 0.15) is 6.61 Å². The summed E-state index contributed by atoms with van der Waals surface area (Å²) in [5, 5.41) is 15.8. The smallest absolute Gasteiger partial charge is 0.209 e. The minimum Gasteiger partial charge on any atom is -0.490 e. The van der Waals surface area contributed by atoms with Gasteiger partial charge in [-0.15, -0.1) is 5.10 Å². The molecule has 1 aromatic heterocycles. The normalized spacial score (nSPS) is 11.0. The van der Waals surface area contributed by atoms with E-state index in [1.54, 1.807) is 16.4 Å². The van der Waals surface area contributed by atoms with Crippen LogP contribution in [0.25, 0.3) is 0 Å². The molecule has 166 valence electrons. The minimum absolute atomic E-state index is 0.504. The van der Waals surface area contributed by atoms with Crippen molar-refractivity contribution in [2.24, 2.45) is 7.05 Å². The SMILES string of the molecule is CCOc1cc(CNCCCSc2nnnn2C)c(Br)cc1OCc1cccc(C)c1. The number of tetrazole rings is 1. The van der Waals surface area contributed by atoms with Crippen molar-refractivity contribution in [1.29, 1.82) is 0 Å². The lowest BCUT2D eigenvalue weighted by Gasteiger charge is -2.16. The van der Waals surface area contributed by atoms with Crippen LogP contribution in [0.3, 0.4) is 0 Å². The summed E-state index contributed by atoms with van der Waals surface area (Å²) in [6, 6.07) is 12.4. The van der Waals surface area contributed by atoms with Crippen molar-refractivity contribution in [2.75, 3.05) is 18.9 Å². The summed E-state index contributed by atoms with van der Waals surface area (Å²) in [5.41, 5.74) is 3.50. The van der Waals surface area contributed by atoms with Crippen LogP contribution in [0.5, 0.6) is 11.5 Å². The van der Waals surface area contributed by atoms with E-state index in [-0.39, 0.29) is 0 Å². The van der Waals surface area contributed by atoms with Gasteiger partial charge in [0.05, 0.1) is 6.61 Å². The van der Waals surface area contributed by atoms with Crippen LogP contribution in [-0.2, 0) is 20.2 Å². The Morgan fingerprint density at radius 3 is 2.74 bits per heavy atom. The van der Waals surface area contributed by atoms with E-state index in [0.717, 1.165) is 57.5 Å². The van der Waals surface area contributed by atoms with Crippen LogP contribution in [0.15, 0.2) is 46.0 Å². The highest BCUT2D eigenvalue weighted by molar-refractivity contribution is 9.10. The molecule has 0 aliphatic rings.